The van der Waals surface area contributed by atoms with Crippen LogP contribution >= 0.6 is 0 Å². The van der Waals surface area contributed by atoms with Gasteiger partial charge < -0.3 is 9.15 Å². The van der Waals surface area contributed by atoms with Gasteiger partial charge in [-0.3, -0.25) is 4.79 Å². The van der Waals surface area contributed by atoms with Crippen LogP contribution in [0.25, 0.3) is 0 Å². The van der Waals surface area contributed by atoms with Gasteiger partial charge in [0.25, 0.3) is 0 Å². The summed E-state index contributed by atoms with van der Waals surface area (Å²) in [6, 6.07) is 10.7. The normalized spacial score (nSPS) is 10.2. The number of hydrogen-bond donors (Lipinski definition) is 0. The van der Waals surface area contributed by atoms with Crippen LogP contribution in [0.4, 0.5) is 0 Å². The van der Waals surface area contributed by atoms with Crippen LogP contribution in [-0.2, 0) is 6.61 Å². The van der Waals surface area contributed by atoms with E-state index < -0.39 is 5.63 Å². The molecule has 0 spiro atoms. The minimum atomic E-state index is -0.523. The first-order valence-corrected chi connectivity index (χ1v) is 5.90. The fourth-order valence-electron chi connectivity index (χ4n) is 1.85. The molecule has 0 saturated heterocycles. The van der Waals surface area contributed by atoms with E-state index in [-0.39, 0.29) is 17.3 Å². The zero-order valence-electron chi connectivity index (χ0n) is 10.8. The SMILES string of the molecule is CC(=O)c1c(OCc2ccccc2)cc(=O)oc1C. The number of ether oxygens (including phenoxy) is 1. The first-order chi connectivity index (χ1) is 9.08. The van der Waals surface area contributed by atoms with Gasteiger partial charge in [-0.05, 0) is 19.4 Å². The van der Waals surface area contributed by atoms with Crippen LogP contribution in [-0.4, -0.2) is 5.78 Å². The van der Waals surface area contributed by atoms with E-state index in [9.17, 15) is 9.59 Å². The van der Waals surface area contributed by atoms with Gasteiger partial charge in [-0.2, -0.15) is 0 Å². The van der Waals surface area contributed by atoms with Crippen molar-refractivity contribution in [3.63, 3.8) is 0 Å². The lowest BCUT2D eigenvalue weighted by Gasteiger charge is -2.10. The van der Waals surface area contributed by atoms with Gasteiger partial charge in [-0.1, -0.05) is 30.3 Å². The highest BCUT2D eigenvalue weighted by Gasteiger charge is 2.15. The molecule has 0 aliphatic carbocycles. The van der Waals surface area contributed by atoms with Gasteiger partial charge in [0.1, 0.15) is 18.1 Å². The van der Waals surface area contributed by atoms with Crippen LogP contribution in [0.15, 0.2) is 45.6 Å². The van der Waals surface area contributed by atoms with Crippen LogP contribution in [0.3, 0.4) is 0 Å². The molecule has 4 heteroatoms. The van der Waals surface area contributed by atoms with E-state index in [0.717, 1.165) is 5.56 Å². The summed E-state index contributed by atoms with van der Waals surface area (Å²) in [4.78, 5) is 22.9. The number of benzene rings is 1. The molecule has 0 aliphatic rings. The molecule has 0 unspecified atom stereocenters. The molecule has 98 valence electrons. The number of carbonyl (C=O) groups excluding carboxylic acids is 1. The van der Waals surface area contributed by atoms with Crippen molar-refractivity contribution in [2.45, 2.75) is 20.5 Å². The number of rotatable bonds is 4. The largest absolute Gasteiger partial charge is 0.488 e. The quantitative estimate of drug-likeness (QED) is 0.791. The summed E-state index contributed by atoms with van der Waals surface area (Å²) in [6.07, 6.45) is 0. The molecule has 1 aromatic carbocycles. The molecule has 0 fully saturated rings. The zero-order valence-corrected chi connectivity index (χ0v) is 10.8. The van der Waals surface area contributed by atoms with Gasteiger partial charge >= 0.3 is 5.63 Å². The van der Waals surface area contributed by atoms with E-state index in [4.69, 9.17) is 9.15 Å². The highest BCUT2D eigenvalue weighted by molar-refractivity contribution is 5.97. The number of ketones is 1. The fraction of sp³-hybridized carbons (Fsp3) is 0.200. The van der Waals surface area contributed by atoms with Crippen molar-refractivity contribution in [2.24, 2.45) is 0 Å². The van der Waals surface area contributed by atoms with Crippen LogP contribution in [0, 0.1) is 6.92 Å². The molecule has 0 atom stereocenters. The number of aryl methyl sites for hydroxylation is 1. The molecule has 1 heterocycles. The average molecular weight is 258 g/mol. The van der Waals surface area contributed by atoms with E-state index in [1.165, 1.54) is 13.0 Å². The molecule has 4 nitrogen and oxygen atoms in total. The first-order valence-electron chi connectivity index (χ1n) is 5.90. The number of carbonyl (C=O) groups is 1. The third-order valence-corrected chi connectivity index (χ3v) is 2.69. The molecule has 0 bridgehead atoms. The summed E-state index contributed by atoms with van der Waals surface area (Å²) in [5.41, 5.74) is 0.754. The van der Waals surface area contributed by atoms with Gasteiger partial charge in [0, 0.05) is 0 Å². The second-order valence-electron chi connectivity index (χ2n) is 4.19. The Morgan fingerprint density at radius 3 is 2.58 bits per heavy atom. The summed E-state index contributed by atoms with van der Waals surface area (Å²) in [5, 5.41) is 0. The molecule has 19 heavy (non-hydrogen) atoms. The zero-order chi connectivity index (χ0) is 13.8. The molecule has 2 rings (SSSR count). The predicted octanol–water partition coefficient (Wildman–Crippen LogP) is 2.73. The third-order valence-electron chi connectivity index (χ3n) is 2.69. The molecular weight excluding hydrogens is 244 g/mol. The molecule has 1 aromatic heterocycles. The van der Waals surface area contributed by atoms with Gasteiger partial charge in [0.15, 0.2) is 5.78 Å². The van der Waals surface area contributed by atoms with Crippen molar-refractivity contribution in [1.29, 1.82) is 0 Å². The Hall–Kier alpha value is -2.36. The molecule has 0 amide bonds. The van der Waals surface area contributed by atoms with Crippen LogP contribution < -0.4 is 10.4 Å². The van der Waals surface area contributed by atoms with E-state index in [2.05, 4.69) is 0 Å². The molecule has 0 saturated carbocycles. The fourth-order valence-corrected chi connectivity index (χ4v) is 1.85. The van der Waals surface area contributed by atoms with Gasteiger partial charge in [0.05, 0.1) is 11.6 Å². The van der Waals surface area contributed by atoms with E-state index in [1.807, 2.05) is 30.3 Å². The second kappa shape index (κ2) is 5.52. The smallest absolute Gasteiger partial charge is 0.339 e. The van der Waals surface area contributed by atoms with Crippen molar-refractivity contribution < 1.29 is 13.9 Å². The maximum Gasteiger partial charge on any atom is 0.339 e. The second-order valence-corrected chi connectivity index (χ2v) is 4.19. The highest BCUT2D eigenvalue weighted by Crippen LogP contribution is 2.21. The minimum Gasteiger partial charge on any atom is -0.488 e. The van der Waals surface area contributed by atoms with Crippen molar-refractivity contribution in [3.05, 3.63) is 63.7 Å². The summed E-state index contributed by atoms with van der Waals surface area (Å²) < 4.78 is 10.5. The summed E-state index contributed by atoms with van der Waals surface area (Å²) in [7, 11) is 0. The van der Waals surface area contributed by atoms with Crippen molar-refractivity contribution in [3.8, 4) is 5.75 Å². The number of Topliss-reactive ketones (excluding diaryl/α,β-unsaturated/α-hetero) is 1. The Balaban J connectivity index is 2.29. The van der Waals surface area contributed by atoms with E-state index >= 15 is 0 Å². The van der Waals surface area contributed by atoms with Gasteiger partial charge in [-0.15, -0.1) is 0 Å². The molecule has 0 radical (unpaired) electrons. The molecular formula is C15H14O4. The minimum absolute atomic E-state index is 0.190. The van der Waals surface area contributed by atoms with Crippen LogP contribution in [0.2, 0.25) is 0 Å². The Morgan fingerprint density at radius 2 is 1.95 bits per heavy atom. The molecule has 0 aliphatic heterocycles. The van der Waals surface area contributed by atoms with Crippen molar-refractivity contribution in [2.75, 3.05) is 0 Å². The highest BCUT2D eigenvalue weighted by atomic mass is 16.5. The number of hydrogen-bond acceptors (Lipinski definition) is 4. The maximum atomic E-state index is 11.6. The topological polar surface area (TPSA) is 56.5 Å². The Bertz CT molecular complexity index is 641. The van der Waals surface area contributed by atoms with Gasteiger partial charge in [0.2, 0.25) is 0 Å². The summed E-state index contributed by atoms with van der Waals surface area (Å²) >= 11 is 0. The maximum absolute atomic E-state index is 11.6. The van der Waals surface area contributed by atoms with Crippen LogP contribution in [0.1, 0.15) is 28.6 Å². The monoisotopic (exact) mass is 258 g/mol. The van der Waals surface area contributed by atoms with Crippen LogP contribution in [0.5, 0.6) is 5.75 Å². The summed E-state index contributed by atoms with van der Waals surface area (Å²) in [5.74, 6) is 0.359. The van der Waals surface area contributed by atoms with Crippen molar-refractivity contribution >= 4 is 5.78 Å². The van der Waals surface area contributed by atoms with E-state index in [1.54, 1.807) is 6.92 Å². The first kappa shape index (κ1) is 13.1. The Labute approximate surface area is 110 Å². The Kier molecular flexibility index (Phi) is 3.80. The standard InChI is InChI=1S/C15H14O4/c1-10(16)15-11(2)19-14(17)8-13(15)18-9-12-6-4-3-5-7-12/h3-8H,9H2,1-2H3. The average Bonchev–Trinajstić information content (AvgIpc) is 2.36. The Morgan fingerprint density at radius 1 is 1.26 bits per heavy atom. The lowest BCUT2D eigenvalue weighted by Crippen LogP contribution is -2.09. The summed E-state index contributed by atoms with van der Waals surface area (Å²) in [6.45, 7) is 3.29. The third kappa shape index (κ3) is 3.10. The van der Waals surface area contributed by atoms with E-state index in [0.29, 0.717) is 12.2 Å². The molecule has 2 aromatic rings. The van der Waals surface area contributed by atoms with Crippen molar-refractivity contribution in [1.82, 2.24) is 0 Å². The predicted molar refractivity (Wildman–Crippen MR) is 70.5 cm³/mol. The van der Waals surface area contributed by atoms with Gasteiger partial charge in [-0.25, -0.2) is 4.79 Å². The lowest BCUT2D eigenvalue weighted by molar-refractivity contribution is 0.100. The lowest BCUT2D eigenvalue weighted by atomic mass is 10.1. The molecule has 0 N–H and O–H groups in total.